The van der Waals surface area contributed by atoms with Crippen LogP contribution < -0.4 is 0 Å². The largest absolute Gasteiger partial charge is 0.365 e. The Morgan fingerprint density at radius 2 is 1.88 bits per heavy atom. The van der Waals surface area contributed by atoms with Gasteiger partial charge in [0, 0.05) is 31.3 Å². The van der Waals surface area contributed by atoms with Crippen molar-refractivity contribution in [2.75, 3.05) is 0 Å². The summed E-state index contributed by atoms with van der Waals surface area (Å²) in [5, 5.41) is 16.9. The average molecular weight is 499 g/mol. The molecule has 1 heterocycles. The number of benzene rings is 2. The van der Waals surface area contributed by atoms with Crippen LogP contribution in [0.15, 0.2) is 58.1 Å². The van der Waals surface area contributed by atoms with E-state index in [2.05, 4.69) is 43.6 Å². The summed E-state index contributed by atoms with van der Waals surface area (Å²) in [5.41, 5.74) is 0.509. The molecule has 0 saturated heterocycles. The van der Waals surface area contributed by atoms with Gasteiger partial charge < -0.3 is 5.11 Å². The fourth-order valence-electron chi connectivity index (χ4n) is 2.68. The summed E-state index contributed by atoms with van der Waals surface area (Å²) < 4.78 is 1.96. The summed E-state index contributed by atoms with van der Waals surface area (Å²) in [4.78, 5) is 12.9. The molecule has 0 spiro atoms. The van der Waals surface area contributed by atoms with Crippen LogP contribution in [0.5, 0.6) is 0 Å². The molecule has 1 N–H and O–H groups in total. The Morgan fingerprint density at radius 1 is 1.25 bits per heavy atom. The zero-order chi connectivity index (χ0) is 17.3. The molecular weight excluding hydrogens is 483 g/mol. The molecule has 1 aliphatic rings. The Kier molecular flexibility index (Phi) is 5.08. The van der Waals surface area contributed by atoms with Crippen LogP contribution in [-0.4, -0.2) is 21.7 Å². The van der Waals surface area contributed by atoms with E-state index in [4.69, 9.17) is 0 Å². The first kappa shape index (κ1) is 17.6. The highest BCUT2D eigenvalue weighted by Gasteiger charge is 2.45. The number of halogens is 2. The molecule has 0 saturated carbocycles. The van der Waals surface area contributed by atoms with Crippen molar-refractivity contribution in [3.8, 4) is 0 Å². The molecule has 0 unspecified atom stereocenters. The number of hydrogen-bond acceptors (Lipinski definition) is 3. The van der Waals surface area contributed by atoms with Crippen molar-refractivity contribution in [1.29, 1.82) is 0 Å². The summed E-state index contributed by atoms with van der Waals surface area (Å²) in [5.74, 6) is -0.305. The van der Waals surface area contributed by atoms with E-state index in [1.54, 1.807) is 12.1 Å². The van der Waals surface area contributed by atoms with Gasteiger partial charge in [-0.05, 0) is 65.4 Å². The van der Waals surface area contributed by atoms with Crippen LogP contribution in [0, 0.1) is 3.57 Å². The minimum absolute atomic E-state index is 0.305. The van der Waals surface area contributed by atoms with Gasteiger partial charge in [0.2, 0.25) is 0 Å². The minimum atomic E-state index is -1.45. The second-order valence-electron chi connectivity index (χ2n) is 5.64. The lowest BCUT2D eigenvalue weighted by molar-refractivity contribution is -0.0765. The van der Waals surface area contributed by atoms with Crippen LogP contribution in [0.4, 0.5) is 0 Å². The number of hydrazone groups is 1. The maximum absolute atomic E-state index is 12.9. The van der Waals surface area contributed by atoms with Gasteiger partial charge >= 0.3 is 0 Å². The molecule has 1 amide bonds. The van der Waals surface area contributed by atoms with Crippen LogP contribution in [0.3, 0.4) is 0 Å². The zero-order valence-corrected chi connectivity index (χ0v) is 16.8. The molecule has 6 heteroatoms. The van der Waals surface area contributed by atoms with E-state index in [0.29, 0.717) is 24.0 Å². The predicted octanol–water partition coefficient (Wildman–Crippen LogP) is 4.51. The van der Waals surface area contributed by atoms with Crippen LogP contribution >= 0.6 is 38.5 Å². The monoisotopic (exact) mass is 498 g/mol. The number of carbonyl (C=O) groups excluding carboxylic acids is 1. The Morgan fingerprint density at radius 3 is 2.46 bits per heavy atom. The second kappa shape index (κ2) is 6.93. The van der Waals surface area contributed by atoms with E-state index < -0.39 is 5.72 Å². The van der Waals surface area contributed by atoms with Gasteiger partial charge in [0.1, 0.15) is 0 Å². The highest BCUT2D eigenvalue weighted by molar-refractivity contribution is 14.1. The van der Waals surface area contributed by atoms with Crippen LogP contribution in [0.1, 0.15) is 35.7 Å². The van der Waals surface area contributed by atoms with Crippen molar-refractivity contribution >= 4 is 50.1 Å². The van der Waals surface area contributed by atoms with Crippen molar-refractivity contribution < 1.29 is 9.90 Å². The summed E-state index contributed by atoms with van der Waals surface area (Å²) in [6.07, 6.45) is 1.01. The quantitative estimate of drug-likeness (QED) is 0.633. The van der Waals surface area contributed by atoms with Crippen molar-refractivity contribution in [2.45, 2.75) is 25.5 Å². The first-order valence-electron chi connectivity index (χ1n) is 7.59. The van der Waals surface area contributed by atoms with Gasteiger partial charge in [-0.1, -0.05) is 35.0 Å². The number of nitrogens with zero attached hydrogens (tertiary/aromatic N) is 2. The summed E-state index contributed by atoms with van der Waals surface area (Å²) in [6, 6.07) is 14.6. The van der Waals surface area contributed by atoms with Crippen LogP contribution in [0.2, 0.25) is 0 Å². The van der Waals surface area contributed by atoms with Crippen molar-refractivity contribution in [3.63, 3.8) is 0 Å². The SMILES string of the molecule is CCC1=NN(C(=O)c2ccc(I)cc2)[C@@](O)(c2ccc(Br)cc2)C1. The number of rotatable bonds is 3. The van der Waals surface area contributed by atoms with E-state index in [-0.39, 0.29) is 5.91 Å². The first-order chi connectivity index (χ1) is 11.4. The smallest absolute Gasteiger partial charge is 0.276 e. The molecule has 3 rings (SSSR count). The van der Waals surface area contributed by atoms with E-state index in [1.807, 2.05) is 43.3 Å². The molecule has 2 aromatic carbocycles. The van der Waals surface area contributed by atoms with Crippen molar-refractivity contribution in [1.82, 2.24) is 5.01 Å². The van der Waals surface area contributed by atoms with Gasteiger partial charge in [-0.2, -0.15) is 10.1 Å². The highest BCUT2D eigenvalue weighted by atomic mass is 127. The first-order valence-corrected chi connectivity index (χ1v) is 9.46. The zero-order valence-electron chi connectivity index (χ0n) is 13.0. The van der Waals surface area contributed by atoms with Crippen molar-refractivity contribution in [2.24, 2.45) is 5.10 Å². The van der Waals surface area contributed by atoms with Crippen LogP contribution in [0.25, 0.3) is 0 Å². The number of amides is 1. The van der Waals surface area contributed by atoms with Gasteiger partial charge in [0.15, 0.2) is 5.72 Å². The molecule has 1 aliphatic heterocycles. The Bertz CT molecular complexity index is 790. The maximum atomic E-state index is 12.9. The molecule has 0 radical (unpaired) electrons. The minimum Gasteiger partial charge on any atom is -0.365 e. The molecular formula is C18H16BrIN2O2. The summed E-state index contributed by atoms with van der Waals surface area (Å²) in [6.45, 7) is 1.97. The fraction of sp³-hybridized carbons (Fsp3) is 0.222. The van der Waals surface area contributed by atoms with E-state index in [9.17, 15) is 9.90 Å². The van der Waals surface area contributed by atoms with Gasteiger partial charge in [0.05, 0.1) is 0 Å². The molecule has 1 atom stereocenters. The Hall–Kier alpha value is -1.25. The molecule has 0 fully saturated rings. The molecule has 0 aliphatic carbocycles. The van der Waals surface area contributed by atoms with Crippen LogP contribution in [-0.2, 0) is 5.72 Å². The lowest BCUT2D eigenvalue weighted by Gasteiger charge is -2.31. The molecule has 0 aromatic heterocycles. The normalized spacial score (nSPS) is 20.2. The topological polar surface area (TPSA) is 52.9 Å². The highest BCUT2D eigenvalue weighted by Crippen LogP contribution is 2.37. The summed E-state index contributed by atoms with van der Waals surface area (Å²) in [7, 11) is 0. The third-order valence-electron chi connectivity index (χ3n) is 4.04. The number of hydrogen-bond donors (Lipinski definition) is 1. The van der Waals surface area contributed by atoms with E-state index in [1.165, 1.54) is 5.01 Å². The lowest BCUT2D eigenvalue weighted by atomic mass is 9.96. The van der Waals surface area contributed by atoms with Gasteiger partial charge in [-0.15, -0.1) is 0 Å². The number of carbonyl (C=O) groups is 1. The summed E-state index contributed by atoms with van der Waals surface area (Å²) >= 11 is 5.58. The van der Waals surface area contributed by atoms with E-state index in [0.717, 1.165) is 13.8 Å². The van der Waals surface area contributed by atoms with E-state index >= 15 is 0 Å². The van der Waals surface area contributed by atoms with Crippen molar-refractivity contribution in [3.05, 3.63) is 67.7 Å². The Balaban J connectivity index is 2.01. The molecule has 124 valence electrons. The third kappa shape index (κ3) is 3.27. The Labute approximate surface area is 162 Å². The maximum Gasteiger partial charge on any atom is 0.276 e. The standard InChI is InChI=1S/C18H16BrIN2O2/c1-2-16-11-18(24,13-5-7-14(19)8-6-13)22(21-16)17(23)12-3-9-15(20)10-4-12/h3-10,24H,2,11H2,1H3/t18-/m0/s1. The van der Waals surface area contributed by atoms with Gasteiger partial charge in [-0.25, -0.2) is 0 Å². The lowest BCUT2D eigenvalue weighted by Crippen LogP contribution is -2.43. The fourth-order valence-corrected chi connectivity index (χ4v) is 3.31. The third-order valence-corrected chi connectivity index (χ3v) is 5.29. The van der Waals surface area contributed by atoms with Gasteiger partial charge in [-0.3, -0.25) is 4.79 Å². The molecule has 2 aromatic rings. The second-order valence-corrected chi connectivity index (χ2v) is 7.81. The average Bonchev–Trinajstić information content (AvgIpc) is 2.93. The molecule has 4 nitrogen and oxygen atoms in total. The molecule has 24 heavy (non-hydrogen) atoms. The molecule has 0 bridgehead atoms. The van der Waals surface area contributed by atoms with Gasteiger partial charge in [0.25, 0.3) is 5.91 Å². The predicted molar refractivity (Wildman–Crippen MR) is 106 cm³/mol. The number of aliphatic hydroxyl groups is 1.